The molecule has 2 rings (SSSR count). The van der Waals surface area contributed by atoms with Gasteiger partial charge in [-0.2, -0.15) is 8.78 Å². The number of carbonyl (C=O) groups is 1. The number of allylic oxidation sites excluding steroid dienone is 2. The summed E-state index contributed by atoms with van der Waals surface area (Å²) in [5, 5.41) is 16.4. The van der Waals surface area contributed by atoms with E-state index in [1.54, 1.807) is 0 Å². The molecule has 0 bridgehead atoms. The van der Waals surface area contributed by atoms with E-state index in [4.69, 9.17) is 10.5 Å². The number of rotatable bonds is 5. The van der Waals surface area contributed by atoms with Crippen LogP contribution in [0.2, 0.25) is 0 Å². The van der Waals surface area contributed by atoms with E-state index in [9.17, 15) is 22.4 Å². The molecule has 1 fully saturated rings. The standard InChI is InChI=1S/C10H10F4N2O2/c11-9(12)7(15)6-3-1-4(3)10(13,14)8(6)16-2-5(17)18/h3-4,9,15-16H,1-2H2,(H,17,18)/p+1/t3-,4?/m1/s1. The molecule has 1 unspecified atom stereocenters. The van der Waals surface area contributed by atoms with Crippen molar-refractivity contribution in [3.63, 3.8) is 0 Å². The zero-order chi connectivity index (χ0) is 13.7. The molecule has 1 saturated carbocycles. The van der Waals surface area contributed by atoms with Crippen molar-refractivity contribution < 1.29 is 32.8 Å². The maximum Gasteiger partial charge on any atom is 0.359 e. The van der Waals surface area contributed by atoms with Crippen LogP contribution in [0.5, 0.6) is 0 Å². The Labute approximate surface area is 99.2 Å². The van der Waals surface area contributed by atoms with Crippen molar-refractivity contribution in [2.24, 2.45) is 11.8 Å². The monoisotopic (exact) mass is 267 g/mol. The Morgan fingerprint density at radius 1 is 1.56 bits per heavy atom. The average Bonchev–Trinajstić information content (AvgIpc) is 2.98. The number of fused-ring (bicyclic) bond motifs is 1. The van der Waals surface area contributed by atoms with Gasteiger partial charge >= 0.3 is 11.9 Å². The summed E-state index contributed by atoms with van der Waals surface area (Å²) in [6.07, 6.45) is -3.04. The number of hydrogen-bond acceptors (Lipinski definition) is 2. The van der Waals surface area contributed by atoms with E-state index in [2.05, 4.69) is 0 Å². The molecular weight excluding hydrogens is 256 g/mol. The highest BCUT2D eigenvalue weighted by molar-refractivity contribution is 6.02. The van der Waals surface area contributed by atoms with E-state index in [0.29, 0.717) is 0 Å². The Bertz CT molecular complexity index is 447. The number of quaternary nitrogens is 1. The molecule has 0 aliphatic heterocycles. The summed E-state index contributed by atoms with van der Waals surface area (Å²) in [4.78, 5) is 10.4. The number of carboxylic acid groups (broad SMARTS) is 1. The van der Waals surface area contributed by atoms with Crippen molar-refractivity contribution in [2.45, 2.75) is 18.8 Å². The van der Waals surface area contributed by atoms with Gasteiger partial charge in [0, 0.05) is 17.4 Å². The second-order valence-corrected chi connectivity index (χ2v) is 4.42. The Kier molecular flexibility index (Phi) is 2.92. The fourth-order valence-electron chi connectivity index (χ4n) is 2.39. The molecule has 4 N–H and O–H groups in total. The number of hydrogen-bond donors (Lipinski definition) is 3. The molecule has 2 aliphatic carbocycles. The Morgan fingerprint density at radius 2 is 2.17 bits per heavy atom. The van der Waals surface area contributed by atoms with Gasteiger partial charge in [-0.15, -0.1) is 0 Å². The van der Waals surface area contributed by atoms with Gasteiger partial charge in [-0.3, -0.25) is 5.41 Å². The zero-order valence-corrected chi connectivity index (χ0v) is 9.09. The van der Waals surface area contributed by atoms with Crippen molar-refractivity contribution in [3.05, 3.63) is 11.3 Å². The number of alkyl halides is 4. The largest absolute Gasteiger partial charge is 0.477 e. The number of carboxylic acids is 1. The number of nitrogens with one attached hydrogen (secondary N) is 1. The number of nitrogens with two attached hydrogens (primary N) is 1. The minimum atomic E-state index is -3.29. The van der Waals surface area contributed by atoms with Gasteiger partial charge in [0.15, 0.2) is 12.2 Å². The number of aliphatic carboxylic acids is 1. The van der Waals surface area contributed by atoms with Crippen LogP contribution in [0, 0.1) is 17.2 Å². The molecule has 100 valence electrons. The Morgan fingerprint density at radius 3 is 2.67 bits per heavy atom. The lowest BCUT2D eigenvalue weighted by Crippen LogP contribution is -2.86. The first-order valence-corrected chi connectivity index (χ1v) is 5.31. The molecule has 8 heteroatoms. The Balaban J connectivity index is 2.31. The zero-order valence-electron chi connectivity index (χ0n) is 9.09. The first kappa shape index (κ1) is 13.0. The second-order valence-electron chi connectivity index (χ2n) is 4.42. The van der Waals surface area contributed by atoms with Crippen LogP contribution in [0.15, 0.2) is 11.3 Å². The maximum atomic E-state index is 13.7. The van der Waals surface area contributed by atoms with Crippen molar-refractivity contribution in [2.75, 3.05) is 6.54 Å². The molecule has 0 radical (unpaired) electrons. The molecule has 0 amide bonds. The van der Waals surface area contributed by atoms with E-state index in [0.717, 1.165) is 5.32 Å². The van der Waals surface area contributed by atoms with Crippen molar-refractivity contribution in [3.8, 4) is 0 Å². The summed E-state index contributed by atoms with van der Waals surface area (Å²) in [5.74, 6) is -6.38. The van der Waals surface area contributed by atoms with Crippen molar-refractivity contribution in [1.82, 2.24) is 0 Å². The summed E-state index contributed by atoms with van der Waals surface area (Å²) < 4.78 is 52.4. The fourth-order valence-corrected chi connectivity index (χ4v) is 2.39. The molecule has 2 aliphatic rings. The van der Waals surface area contributed by atoms with Gasteiger partial charge in [0.25, 0.3) is 6.43 Å². The molecule has 0 spiro atoms. The maximum absolute atomic E-state index is 13.7. The molecule has 18 heavy (non-hydrogen) atoms. The fraction of sp³-hybridized carbons (Fsp3) is 0.600. The summed E-state index contributed by atoms with van der Waals surface area (Å²) in [5.41, 5.74) is -2.17. The summed E-state index contributed by atoms with van der Waals surface area (Å²) in [6.45, 7) is -0.662. The molecule has 0 aromatic carbocycles. The summed E-state index contributed by atoms with van der Waals surface area (Å²) in [7, 11) is 0. The molecule has 0 aromatic rings. The van der Waals surface area contributed by atoms with Crippen LogP contribution < -0.4 is 5.32 Å². The Hall–Kier alpha value is -1.44. The lowest BCUT2D eigenvalue weighted by Gasteiger charge is -2.15. The lowest BCUT2D eigenvalue weighted by atomic mass is 10.1. The van der Waals surface area contributed by atoms with Gasteiger partial charge in [-0.1, -0.05) is 0 Å². The minimum Gasteiger partial charge on any atom is -0.477 e. The highest BCUT2D eigenvalue weighted by atomic mass is 19.3. The lowest BCUT2D eigenvalue weighted by molar-refractivity contribution is -0.611. The SMILES string of the molecule is N=C(C1=C([NH2+]CC(=O)O)C(F)(F)C2C[C@@H]12)C(F)F. The van der Waals surface area contributed by atoms with Gasteiger partial charge in [-0.25, -0.2) is 13.6 Å². The van der Waals surface area contributed by atoms with E-state index >= 15 is 0 Å². The van der Waals surface area contributed by atoms with Crippen LogP contribution in [-0.2, 0) is 4.79 Å². The first-order chi connectivity index (χ1) is 8.26. The van der Waals surface area contributed by atoms with Gasteiger partial charge in [0.05, 0.1) is 0 Å². The normalized spacial score (nSPS) is 28.5. The van der Waals surface area contributed by atoms with Gasteiger partial charge in [-0.05, 0) is 6.42 Å². The summed E-state index contributed by atoms with van der Waals surface area (Å²) in [6, 6.07) is 0. The topological polar surface area (TPSA) is 77.8 Å². The molecular formula is C10H11F4N2O2+. The highest BCUT2D eigenvalue weighted by Crippen LogP contribution is 2.61. The highest BCUT2D eigenvalue weighted by Gasteiger charge is 2.68. The predicted octanol–water partition coefficient (Wildman–Crippen LogP) is 0.458. The van der Waals surface area contributed by atoms with E-state index in [1.165, 1.54) is 0 Å². The van der Waals surface area contributed by atoms with Crippen LogP contribution in [0.1, 0.15) is 6.42 Å². The quantitative estimate of drug-likeness (QED) is 0.500. The van der Waals surface area contributed by atoms with Gasteiger partial charge in [0.2, 0.25) is 0 Å². The van der Waals surface area contributed by atoms with Crippen LogP contribution in [0.4, 0.5) is 17.6 Å². The average molecular weight is 267 g/mol. The summed E-state index contributed by atoms with van der Waals surface area (Å²) >= 11 is 0. The van der Waals surface area contributed by atoms with E-state index in [-0.39, 0.29) is 12.0 Å². The van der Waals surface area contributed by atoms with Crippen LogP contribution in [0.3, 0.4) is 0 Å². The first-order valence-electron chi connectivity index (χ1n) is 5.31. The second kappa shape index (κ2) is 4.04. The molecule has 0 saturated heterocycles. The molecule has 4 nitrogen and oxygen atoms in total. The van der Waals surface area contributed by atoms with Gasteiger partial charge < -0.3 is 10.4 Å². The van der Waals surface area contributed by atoms with E-state index < -0.39 is 48.1 Å². The van der Waals surface area contributed by atoms with Gasteiger partial charge in [0.1, 0.15) is 5.71 Å². The van der Waals surface area contributed by atoms with Crippen molar-refractivity contribution >= 4 is 11.7 Å². The third-order valence-corrected chi connectivity index (χ3v) is 3.27. The van der Waals surface area contributed by atoms with Crippen LogP contribution in [0.25, 0.3) is 0 Å². The molecule has 0 heterocycles. The number of halogens is 4. The minimum absolute atomic E-state index is 0.0852. The predicted molar refractivity (Wildman–Crippen MR) is 51.7 cm³/mol. The smallest absolute Gasteiger partial charge is 0.359 e. The van der Waals surface area contributed by atoms with Crippen LogP contribution >= 0.6 is 0 Å². The third-order valence-electron chi connectivity index (χ3n) is 3.27. The van der Waals surface area contributed by atoms with Crippen LogP contribution in [-0.4, -0.2) is 35.7 Å². The molecule has 2 atom stereocenters. The van der Waals surface area contributed by atoms with Crippen molar-refractivity contribution in [1.29, 1.82) is 5.41 Å². The molecule has 0 aromatic heterocycles. The third kappa shape index (κ3) is 1.90. The van der Waals surface area contributed by atoms with E-state index in [1.807, 2.05) is 0 Å².